The van der Waals surface area contributed by atoms with E-state index in [1.807, 2.05) is 64.1 Å². The molecule has 0 bridgehead atoms. The second-order valence-electron chi connectivity index (χ2n) is 6.62. The maximum absolute atomic E-state index is 12.8. The van der Waals surface area contributed by atoms with Gasteiger partial charge < -0.3 is 19.5 Å². The van der Waals surface area contributed by atoms with E-state index in [9.17, 15) is 4.79 Å². The average molecular weight is 371 g/mol. The lowest BCUT2D eigenvalue weighted by atomic mass is 10.1. The van der Waals surface area contributed by atoms with Crippen molar-refractivity contribution in [1.29, 1.82) is 0 Å². The standard InChI is InChI=1S/C22H29NO4/c1-7-19(27-20-10-8-14(2)12-15(20)3)22(24)23-16(4)18-13-17(25-5)9-11-21(18)26-6/h8-13,16,19H,7H2,1-6H3,(H,23,24)/t16-,19-/m0/s1. The van der Waals surface area contributed by atoms with Crippen LogP contribution in [0.3, 0.4) is 0 Å². The van der Waals surface area contributed by atoms with Crippen LogP contribution in [0.1, 0.15) is 43.0 Å². The van der Waals surface area contributed by atoms with Crippen LogP contribution in [-0.2, 0) is 4.79 Å². The number of rotatable bonds is 8. The van der Waals surface area contributed by atoms with Crippen LogP contribution >= 0.6 is 0 Å². The van der Waals surface area contributed by atoms with E-state index in [1.165, 1.54) is 0 Å². The number of carbonyl (C=O) groups excluding carboxylic acids is 1. The summed E-state index contributed by atoms with van der Waals surface area (Å²) in [7, 11) is 3.22. The highest BCUT2D eigenvalue weighted by Crippen LogP contribution is 2.29. The van der Waals surface area contributed by atoms with Gasteiger partial charge in [-0.2, -0.15) is 0 Å². The van der Waals surface area contributed by atoms with E-state index in [4.69, 9.17) is 14.2 Å². The summed E-state index contributed by atoms with van der Waals surface area (Å²) in [4.78, 5) is 12.8. The van der Waals surface area contributed by atoms with E-state index < -0.39 is 6.10 Å². The predicted octanol–water partition coefficient (Wildman–Crippen LogP) is 4.36. The smallest absolute Gasteiger partial charge is 0.261 e. The highest BCUT2D eigenvalue weighted by molar-refractivity contribution is 5.81. The topological polar surface area (TPSA) is 56.8 Å². The van der Waals surface area contributed by atoms with Crippen LogP contribution < -0.4 is 19.5 Å². The quantitative estimate of drug-likeness (QED) is 0.749. The van der Waals surface area contributed by atoms with E-state index in [2.05, 4.69) is 5.32 Å². The van der Waals surface area contributed by atoms with Gasteiger partial charge >= 0.3 is 0 Å². The van der Waals surface area contributed by atoms with Crippen molar-refractivity contribution in [3.05, 3.63) is 53.1 Å². The van der Waals surface area contributed by atoms with Gasteiger partial charge in [0.2, 0.25) is 0 Å². The van der Waals surface area contributed by atoms with Gasteiger partial charge in [0.25, 0.3) is 5.91 Å². The fraction of sp³-hybridized carbons (Fsp3) is 0.409. The van der Waals surface area contributed by atoms with Crippen molar-refractivity contribution >= 4 is 5.91 Å². The Morgan fingerprint density at radius 3 is 2.33 bits per heavy atom. The lowest BCUT2D eigenvalue weighted by Crippen LogP contribution is -2.39. The molecular weight excluding hydrogens is 342 g/mol. The third-order valence-corrected chi connectivity index (χ3v) is 4.53. The van der Waals surface area contributed by atoms with Crippen molar-refractivity contribution in [2.24, 2.45) is 0 Å². The first-order valence-electron chi connectivity index (χ1n) is 9.15. The minimum Gasteiger partial charge on any atom is -0.497 e. The molecule has 0 aliphatic carbocycles. The number of hydrogen-bond acceptors (Lipinski definition) is 4. The lowest BCUT2D eigenvalue weighted by molar-refractivity contribution is -0.128. The number of carbonyl (C=O) groups is 1. The highest BCUT2D eigenvalue weighted by Gasteiger charge is 2.23. The number of nitrogens with one attached hydrogen (secondary N) is 1. The van der Waals surface area contributed by atoms with E-state index in [1.54, 1.807) is 14.2 Å². The molecule has 0 radical (unpaired) electrons. The van der Waals surface area contributed by atoms with Gasteiger partial charge in [-0.1, -0.05) is 24.6 Å². The van der Waals surface area contributed by atoms with Crippen LogP contribution in [0.4, 0.5) is 0 Å². The van der Waals surface area contributed by atoms with E-state index in [-0.39, 0.29) is 11.9 Å². The Hall–Kier alpha value is -2.69. The molecule has 0 aliphatic rings. The summed E-state index contributed by atoms with van der Waals surface area (Å²) in [6.07, 6.45) is 0.00616. The van der Waals surface area contributed by atoms with Gasteiger partial charge in [0.15, 0.2) is 6.10 Å². The first-order valence-corrected chi connectivity index (χ1v) is 9.15. The zero-order valence-corrected chi connectivity index (χ0v) is 17.0. The molecular formula is C22H29NO4. The van der Waals surface area contributed by atoms with Gasteiger partial charge in [0.05, 0.1) is 20.3 Å². The Bertz CT molecular complexity index is 788. The number of methoxy groups -OCH3 is 2. The summed E-state index contributed by atoms with van der Waals surface area (Å²) in [5.74, 6) is 1.99. The summed E-state index contributed by atoms with van der Waals surface area (Å²) in [6, 6.07) is 11.2. The lowest BCUT2D eigenvalue weighted by Gasteiger charge is -2.23. The van der Waals surface area contributed by atoms with Gasteiger partial charge in [-0.05, 0) is 57.0 Å². The molecule has 0 unspecified atom stereocenters. The fourth-order valence-electron chi connectivity index (χ4n) is 2.97. The molecule has 0 aliphatic heterocycles. The van der Waals surface area contributed by atoms with Crippen molar-refractivity contribution in [2.75, 3.05) is 14.2 Å². The highest BCUT2D eigenvalue weighted by atomic mass is 16.5. The number of hydrogen-bond donors (Lipinski definition) is 1. The summed E-state index contributed by atoms with van der Waals surface area (Å²) in [6.45, 7) is 7.87. The summed E-state index contributed by atoms with van der Waals surface area (Å²) < 4.78 is 16.7. The monoisotopic (exact) mass is 371 g/mol. The van der Waals surface area contributed by atoms with Crippen molar-refractivity contribution < 1.29 is 19.0 Å². The van der Waals surface area contributed by atoms with Crippen LogP contribution in [0.2, 0.25) is 0 Å². The number of ether oxygens (including phenoxy) is 3. The molecule has 146 valence electrons. The Balaban J connectivity index is 2.14. The Morgan fingerprint density at radius 2 is 1.74 bits per heavy atom. The van der Waals surface area contributed by atoms with Gasteiger partial charge in [-0.15, -0.1) is 0 Å². The van der Waals surface area contributed by atoms with Crippen molar-refractivity contribution in [2.45, 2.75) is 46.3 Å². The SMILES string of the molecule is CC[C@H](Oc1ccc(C)cc1C)C(=O)N[C@@H](C)c1cc(OC)ccc1OC. The molecule has 0 saturated carbocycles. The van der Waals surface area contributed by atoms with Crippen molar-refractivity contribution in [3.8, 4) is 17.2 Å². The summed E-state index contributed by atoms with van der Waals surface area (Å²) >= 11 is 0. The Morgan fingerprint density at radius 1 is 1.04 bits per heavy atom. The third-order valence-electron chi connectivity index (χ3n) is 4.53. The molecule has 0 heterocycles. The molecule has 2 atom stereocenters. The average Bonchev–Trinajstić information content (AvgIpc) is 2.66. The molecule has 2 rings (SSSR count). The molecule has 0 spiro atoms. The molecule has 2 aromatic rings. The van der Waals surface area contributed by atoms with E-state index in [0.717, 1.165) is 22.4 Å². The molecule has 0 aromatic heterocycles. The maximum atomic E-state index is 12.8. The predicted molar refractivity (Wildman–Crippen MR) is 107 cm³/mol. The van der Waals surface area contributed by atoms with Crippen molar-refractivity contribution in [1.82, 2.24) is 5.32 Å². The molecule has 0 saturated heterocycles. The molecule has 1 amide bonds. The minimum absolute atomic E-state index is 0.158. The number of amides is 1. The number of benzene rings is 2. The van der Waals surface area contributed by atoms with E-state index in [0.29, 0.717) is 17.9 Å². The Kier molecular flexibility index (Phi) is 7.11. The first kappa shape index (κ1) is 20.6. The second kappa shape index (κ2) is 9.31. The maximum Gasteiger partial charge on any atom is 0.261 e. The minimum atomic E-state index is -0.564. The molecule has 0 fully saturated rings. The molecule has 27 heavy (non-hydrogen) atoms. The van der Waals surface area contributed by atoms with Crippen molar-refractivity contribution in [3.63, 3.8) is 0 Å². The Labute approximate surface area is 161 Å². The van der Waals surface area contributed by atoms with Crippen LogP contribution in [0.15, 0.2) is 36.4 Å². The van der Waals surface area contributed by atoms with Gasteiger partial charge in [0.1, 0.15) is 17.2 Å². The molecule has 5 nitrogen and oxygen atoms in total. The largest absolute Gasteiger partial charge is 0.497 e. The summed E-state index contributed by atoms with van der Waals surface area (Å²) in [5, 5.41) is 3.02. The molecule has 2 aromatic carbocycles. The molecule has 5 heteroatoms. The van der Waals surface area contributed by atoms with Crippen LogP contribution in [-0.4, -0.2) is 26.2 Å². The van der Waals surface area contributed by atoms with Gasteiger partial charge in [-0.3, -0.25) is 4.79 Å². The number of aryl methyl sites for hydroxylation is 2. The summed E-state index contributed by atoms with van der Waals surface area (Å²) in [5.41, 5.74) is 3.03. The normalized spacial score (nSPS) is 12.8. The van der Waals surface area contributed by atoms with Gasteiger partial charge in [-0.25, -0.2) is 0 Å². The second-order valence-corrected chi connectivity index (χ2v) is 6.62. The molecule has 1 N–H and O–H groups in total. The zero-order chi connectivity index (χ0) is 20.0. The fourth-order valence-corrected chi connectivity index (χ4v) is 2.97. The van der Waals surface area contributed by atoms with Crippen LogP contribution in [0.5, 0.6) is 17.2 Å². The zero-order valence-electron chi connectivity index (χ0n) is 17.0. The first-order chi connectivity index (χ1) is 12.9. The third kappa shape index (κ3) is 5.16. The van der Waals surface area contributed by atoms with Gasteiger partial charge in [0, 0.05) is 5.56 Å². The van der Waals surface area contributed by atoms with Crippen LogP contribution in [0.25, 0.3) is 0 Å². The van der Waals surface area contributed by atoms with E-state index >= 15 is 0 Å². The van der Waals surface area contributed by atoms with Crippen LogP contribution in [0, 0.1) is 13.8 Å².